The SMILES string of the molecule is Fc1ccc(CN(Cc2ccco2)[C@@H](c2ccc(Cl)cc2)c2nnnn2C2CCCC2)cc1. The fraction of sp³-hybridized carbons (Fsp3) is 0.320. The van der Waals surface area contributed by atoms with Crippen molar-refractivity contribution in [2.24, 2.45) is 0 Å². The molecule has 5 rings (SSSR count). The smallest absolute Gasteiger partial charge is 0.173 e. The highest BCUT2D eigenvalue weighted by molar-refractivity contribution is 6.30. The molecule has 0 spiro atoms. The predicted octanol–water partition coefficient (Wildman–Crippen LogP) is 5.97. The van der Waals surface area contributed by atoms with Crippen LogP contribution in [0.25, 0.3) is 0 Å². The maximum Gasteiger partial charge on any atom is 0.173 e. The zero-order chi connectivity index (χ0) is 22.6. The molecule has 8 heteroatoms. The van der Waals surface area contributed by atoms with Gasteiger partial charge < -0.3 is 4.42 Å². The summed E-state index contributed by atoms with van der Waals surface area (Å²) in [6, 6.07) is 18.3. The lowest BCUT2D eigenvalue weighted by Crippen LogP contribution is -2.32. The van der Waals surface area contributed by atoms with Gasteiger partial charge in [0.25, 0.3) is 0 Å². The third-order valence-corrected chi connectivity index (χ3v) is 6.47. The van der Waals surface area contributed by atoms with Crippen LogP contribution >= 0.6 is 11.6 Å². The van der Waals surface area contributed by atoms with Crippen LogP contribution in [0.2, 0.25) is 5.02 Å². The van der Waals surface area contributed by atoms with Crippen molar-refractivity contribution in [3.05, 3.63) is 100 Å². The summed E-state index contributed by atoms with van der Waals surface area (Å²) in [6.07, 6.45) is 6.18. The van der Waals surface area contributed by atoms with Crippen molar-refractivity contribution in [2.45, 2.75) is 50.9 Å². The van der Waals surface area contributed by atoms with Crippen molar-refractivity contribution < 1.29 is 8.81 Å². The Hall–Kier alpha value is -3.03. The Labute approximate surface area is 197 Å². The molecule has 2 aromatic heterocycles. The third-order valence-electron chi connectivity index (χ3n) is 6.22. The number of rotatable bonds is 8. The number of furan rings is 1. The second kappa shape index (κ2) is 9.85. The number of tetrazole rings is 1. The van der Waals surface area contributed by atoms with Crippen molar-refractivity contribution in [3.8, 4) is 0 Å². The number of hydrogen-bond acceptors (Lipinski definition) is 5. The maximum absolute atomic E-state index is 13.6. The van der Waals surface area contributed by atoms with E-state index >= 15 is 0 Å². The van der Waals surface area contributed by atoms with Gasteiger partial charge in [0.05, 0.1) is 24.9 Å². The van der Waals surface area contributed by atoms with Gasteiger partial charge in [-0.3, -0.25) is 4.90 Å². The van der Waals surface area contributed by atoms with Gasteiger partial charge >= 0.3 is 0 Å². The lowest BCUT2D eigenvalue weighted by Gasteiger charge is -2.31. The highest BCUT2D eigenvalue weighted by Crippen LogP contribution is 2.35. The van der Waals surface area contributed by atoms with Gasteiger partial charge in [0.15, 0.2) is 5.82 Å². The largest absolute Gasteiger partial charge is 0.468 e. The van der Waals surface area contributed by atoms with E-state index in [1.54, 1.807) is 6.26 Å². The standard InChI is InChI=1S/C25H25ClFN5O/c26-20-11-9-19(10-12-20)24(25-28-29-30-32(25)22-4-1-2-5-22)31(17-23-6-3-15-33-23)16-18-7-13-21(27)14-8-18/h3,6-15,22,24H,1-2,4-5,16-17H2/t24-/m0/s1. The number of hydrogen-bond donors (Lipinski definition) is 0. The molecule has 6 nitrogen and oxygen atoms in total. The quantitative estimate of drug-likeness (QED) is 0.321. The number of aromatic nitrogens is 4. The van der Waals surface area contributed by atoms with E-state index in [1.165, 1.54) is 25.0 Å². The molecular formula is C25H25ClFN5O. The first-order valence-electron chi connectivity index (χ1n) is 11.2. The second-order valence-electron chi connectivity index (χ2n) is 8.48. The van der Waals surface area contributed by atoms with Crippen LogP contribution in [-0.2, 0) is 13.1 Å². The number of nitrogens with zero attached hydrogens (tertiary/aromatic N) is 5. The summed E-state index contributed by atoms with van der Waals surface area (Å²) in [6.45, 7) is 1.10. The first-order chi connectivity index (χ1) is 16.2. The van der Waals surface area contributed by atoms with Crippen molar-refractivity contribution in [3.63, 3.8) is 0 Å². The summed E-state index contributed by atoms with van der Waals surface area (Å²) in [7, 11) is 0. The molecular weight excluding hydrogens is 441 g/mol. The summed E-state index contributed by atoms with van der Waals surface area (Å²) in [4.78, 5) is 2.26. The van der Waals surface area contributed by atoms with E-state index in [4.69, 9.17) is 16.0 Å². The lowest BCUT2D eigenvalue weighted by atomic mass is 10.0. The molecule has 1 atom stereocenters. The van der Waals surface area contributed by atoms with Crippen LogP contribution in [0, 0.1) is 5.82 Å². The molecule has 170 valence electrons. The van der Waals surface area contributed by atoms with Crippen molar-refractivity contribution in [1.29, 1.82) is 0 Å². The number of benzene rings is 2. The van der Waals surface area contributed by atoms with Crippen LogP contribution in [0.15, 0.2) is 71.3 Å². The minimum atomic E-state index is -0.254. The van der Waals surface area contributed by atoms with Gasteiger partial charge in [-0.2, -0.15) is 0 Å². The third kappa shape index (κ3) is 4.99. The minimum absolute atomic E-state index is 0.243. The van der Waals surface area contributed by atoms with E-state index < -0.39 is 0 Å². The van der Waals surface area contributed by atoms with E-state index in [9.17, 15) is 4.39 Å². The fourth-order valence-corrected chi connectivity index (χ4v) is 4.75. The van der Waals surface area contributed by atoms with E-state index in [2.05, 4.69) is 20.4 Å². The summed E-state index contributed by atoms with van der Waals surface area (Å²) < 4.78 is 21.3. The minimum Gasteiger partial charge on any atom is -0.468 e. The molecule has 1 saturated carbocycles. The molecule has 1 aliphatic rings. The Bertz CT molecular complexity index is 1150. The molecule has 1 fully saturated rings. The van der Waals surface area contributed by atoms with Crippen LogP contribution in [0.5, 0.6) is 0 Å². The Morgan fingerprint density at radius 2 is 1.79 bits per heavy atom. The molecule has 2 aromatic carbocycles. The first-order valence-corrected chi connectivity index (χ1v) is 11.6. The second-order valence-corrected chi connectivity index (χ2v) is 8.92. The molecule has 1 aliphatic carbocycles. The molecule has 33 heavy (non-hydrogen) atoms. The van der Waals surface area contributed by atoms with Crippen molar-refractivity contribution in [1.82, 2.24) is 25.1 Å². The van der Waals surface area contributed by atoms with Gasteiger partial charge in [-0.15, -0.1) is 5.10 Å². The van der Waals surface area contributed by atoms with Crippen LogP contribution in [0.1, 0.15) is 60.5 Å². The highest BCUT2D eigenvalue weighted by atomic mass is 35.5. The fourth-order valence-electron chi connectivity index (χ4n) is 4.62. The Kier molecular flexibility index (Phi) is 6.51. The van der Waals surface area contributed by atoms with Gasteiger partial charge in [0.1, 0.15) is 11.6 Å². The molecule has 4 aromatic rings. The summed E-state index contributed by atoms with van der Waals surface area (Å²) >= 11 is 6.21. The van der Waals surface area contributed by atoms with Crippen LogP contribution in [0.3, 0.4) is 0 Å². The van der Waals surface area contributed by atoms with Crippen molar-refractivity contribution in [2.75, 3.05) is 0 Å². The summed E-state index contributed by atoms with van der Waals surface area (Å²) in [5.41, 5.74) is 2.02. The predicted molar refractivity (Wildman–Crippen MR) is 123 cm³/mol. The first kappa shape index (κ1) is 21.8. The number of halogens is 2. The van der Waals surface area contributed by atoms with Crippen LogP contribution in [-0.4, -0.2) is 25.1 Å². The molecule has 2 heterocycles. The van der Waals surface area contributed by atoms with Gasteiger partial charge in [-0.1, -0.05) is 48.7 Å². The van der Waals surface area contributed by atoms with Crippen LogP contribution < -0.4 is 0 Å². The molecule has 0 bridgehead atoms. The lowest BCUT2D eigenvalue weighted by molar-refractivity contribution is 0.177. The van der Waals surface area contributed by atoms with E-state index in [-0.39, 0.29) is 11.9 Å². The molecule has 0 N–H and O–H groups in total. The zero-order valence-corrected chi connectivity index (χ0v) is 18.9. The van der Waals surface area contributed by atoms with Crippen LogP contribution in [0.4, 0.5) is 4.39 Å². The van der Waals surface area contributed by atoms with Gasteiger partial charge in [-0.25, -0.2) is 9.07 Å². The molecule has 0 saturated heterocycles. The van der Waals surface area contributed by atoms with Gasteiger partial charge in [0.2, 0.25) is 0 Å². The zero-order valence-electron chi connectivity index (χ0n) is 18.1. The molecule has 0 aliphatic heterocycles. The normalized spacial score (nSPS) is 15.4. The van der Waals surface area contributed by atoms with E-state index in [1.807, 2.05) is 53.2 Å². The monoisotopic (exact) mass is 465 g/mol. The topological polar surface area (TPSA) is 60.0 Å². The maximum atomic E-state index is 13.6. The highest BCUT2D eigenvalue weighted by Gasteiger charge is 2.32. The Morgan fingerprint density at radius 1 is 1.03 bits per heavy atom. The molecule has 0 unspecified atom stereocenters. The molecule has 0 amide bonds. The van der Waals surface area contributed by atoms with E-state index in [0.717, 1.165) is 35.6 Å². The van der Waals surface area contributed by atoms with Gasteiger partial charge in [-0.05, 0) is 70.8 Å². The summed E-state index contributed by atoms with van der Waals surface area (Å²) in [5, 5.41) is 13.6. The van der Waals surface area contributed by atoms with Gasteiger partial charge in [0, 0.05) is 11.6 Å². The van der Waals surface area contributed by atoms with Crippen molar-refractivity contribution >= 4 is 11.6 Å². The van der Waals surface area contributed by atoms with E-state index in [0.29, 0.717) is 24.2 Å². The Balaban J connectivity index is 1.58. The average Bonchev–Trinajstić information content (AvgIpc) is 3.60. The molecule has 0 radical (unpaired) electrons. The summed E-state index contributed by atoms with van der Waals surface area (Å²) in [5.74, 6) is 1.37. The Morgan fingerprint density at radius 3 is 2.48 bits per heavy atom. The average molecular weight is 466 g/mol.